The number of benzene rings is 2. The van der Waals surface area contributed by atoms with Crippen molar-refractivity contribution in [3.05, 3.63) is 88.1 Å². The lowest BCUT2D eigenvalue weighted by atomic mass is 10.00. The highest BCUT2D eigenvalue weighted by Crippen LogP contribution is 2.37. The molecule has 1 aliphatic rings. The topological polar surface area (TPSA) is 91.6 Å². The largest absolute Gasteiger partial charge is 0.506 e. The molecule has 206 valence electrons. The average Bonchev–Trinajstić information content (AvgIpc) is 2.93. The molecule has 1 amide bonds. The molecule has 1 fully saturated rings. The van der Waals surface area contributed by atoms with Crippen molar-refractivity contribution >= 4 is 34.4 Å². The number of halogens is 2. The van der Waals surface area contributed by atoms with E-state index in [0.717, 1.165) is 0 Å². The predicted molar refractivity (Wildman–Crippen MR) is 155 cm³/mol. The van der Waals surface area contributed by atoms with E-state index in [0.29, 0.717) is 36.4 Å². The molecule has 8 nitrogen and oxygen atoms in total. The van der Waals surface area contributed by atoms with Crippen LogP contribution in [0.4, 0.5) is 10.2 Å². The normalized spacial score (nSPS) is 15.6. The zero-order valence-electron chi connectivity index (χ0n) is 22.4. The van der Waals surface area contributed by atoms with Gasteiger partial charge in [-0.25, -0.2) is 18.7 Å². The Balaban J connectivity index is 1.81. The van der Waals surface area contributed by atoms with Crippen LogP contribution in [0.1, 0.15) is 32.3 Å². The van der Waals surface area contributed by atoms with Gasteiger partial charge in [-0.15, -0.1) is 0 Å². The van der Waals surface area contributed by atoms with Crippen LogP contribution >= 0.6 is 11.6 Å². The van der Waals surface area contributed by atoms with E-state index in [1.165, 1.54) is 22.8 Å². The predicted octanol–water partition coefficient (Wildman–Crippen LogP) is 5.29. The fourth-order valence-corrected chi connectivity index (χ4v) is 5.48. The van der Waals surface area contributed by atoms with Crippen LogP contribution in [0.3, 0.4) is 0 Å². The maximum Gasteiger partial charge on any atom is 0.355 e. The van der Waals surface area contributed by atoms with Gasteiger partial charge < -0.3 is 14.9 Å². The third kappa shape index (κ3) is 4.70. The van der Waals surface area contributed by atoms with Crippen LogP contribution in [0, 0.1) is 5.82 Å². The van der Waals surface area contributed by atoms with E-state index in [1.807, 2.05) is 31.7 Å². The van der Waals surface area contributed by atoms with Crippen molar-refractivity contribution in [2.75, 3.05) is 24.5 Å². The molecule has 3 heterocycles. The molecule has 0 bridgehead atoms. The van der Waals surface area contributed by atoms with Crippen LogP contribution < -0.4 is 10.6 Å². The molecule has 1 N–H and O–H groups in total. The van der Waals surface area contributed by atoms with Crippen LogP contribution in [0.15, 0.2) is 66.0 Å². The fourth-order valence-electron chi connectivity index (χ4n) is 5.23. The number of aromatic hydroxyl groups is 1. The van der Waals surface area contributed by atoms with Crippen LogP contribution in [0.2, 0.25) is 5.02 Å². The molecule has 1 aliphatic heterocycles. The van der Waals surface area contributed by atoms with E-state index >= 15 is 0 Å². The van der Waals surface area contributed by atoms with Crippen molar-refractivity contribution in [3.63, 3.8) is 0 Å². The standard InChI is InChI=1S/C30H29ClFN5O3/c1-5-25(39)35-13-14-36(18(4)16-35)28-21-15-22(31)26(20-9-6-7-11-23(20)32)33-29(21)37(30(40)34-28)27-19(17(2)3)10-8-12-24(27)38/h5-12,15,17-18,38H,1,13-14,16H2,2-4H3/t18-/m0/s1. The van der Waals surface area contributed by atoms with E-state index in [9.17, 15) is 19.1 Å². The first-order chi connectivity index (χ1) is 19.1. The van der Waals surface area contributed by atoms with Crippen molar-refractivity contribution in [1.82, 2.24) is 19.4 Å². The zero-order chi connectivity index (χ0) is 28.7. The summed E-state index contributed by atoms with van der Waals surface area (Å²) in [6, 6.07) is 12.6. The monoisotopic (exact) mass is 561 g/mol. The van der Waals surface area contributed by atoms with Crippen LogP contribution in [-0.4, -0.2) is 56.1 Å². The third-order valence-corrected chi connectivity index (χ3v) is 7.50. The van der Waals surface area contributed by atoms with Gasteiger partial charge in [0.25, 0.3) is 0 Å². The molecule has 5 rings (SSSR count). The quantitative estimate of drug-likeness (QED) is 0.333. The number of nitrogens with zero attached hydrogens (tertiary/aromatic N) is 5. The number of anilines is 1. The highest BCUT2D eigenvalue weighted by atomic mass is 35.5. The molecule has 2 aromatic carbocycles. The summed E-state index contributed by atoms with van der Waals surface area (Å²) in [5.41, 5.74) is 0.837. The van der Waals surface area contributed by atoms with Gasteiger partial charge in [-0.1, -0.05) is 56.3 Å². The number of pyridine rings is 1. The molecule has 40 heavy (non-hydrogen) atoms. The summed E-state index contributed by atoms with van der Waals surface area (Å²) in [5, 5.41) is 11.6. The summed E-state index contributed by atoms with van der Waals surface area (Å²) in [4.78, 5) is 38.9. The van der Waals surface area contributed by atoms with Gasteiger partial charge in [0, 0.05) is 31.2 Å². The van der Waals surface area contributed by atoms with Crippen molar-refractivity contribution < 1.29 is 14.3 Å². The Morgan fingerprint density at radius 3 is 2.60 bits per heavy atom. The molecule has 0 unspecified atom stereocenters. The number of rotatable bonds is 5. The minimum atomic E-state index is -0.656. The van der Waals surface area contributed by atoms with Gasteiger partial charge in [-0.05, 0) is 48.7 Å². The maximum atomic E-state index is 14.9. The molecule has 4 aromatic rings. The maximum absolute atomic E-state index is 14.9. The first kappa shape index (κ1) is 27.3. The molecule has 0 saturated carbocycles. The number of para-hydroxylation sites is 1. The Kier molecular flexibility index (Phi) is 7.33. The number of aromatic nitrogens is 3. The number of hydrogen-bond acceptors (Lipinski definition) is 6. The smallest absolute Gasteiger partial charge is 0.355 e. The van der Waals surface area contributed by atoms with Crippen LogP contribution in [0.5, 0.6) is 5.75 Å². The number of phenolic OH excluding ortho intramolecular Hbond substituents is 1. The van der Waals surface area contributed by atoms with E-state index in [-0.39, 0.29) is 51.2 Å². The lowest BCUT2D eigenvalue weighted by Gasteiger charge is -2.40. The Bertz CT molecular complexity index is 1700. The molecule has 10 heteroatoms. The zero-order valence-corrected chi connectivity index (χ0v) is 23.2. The lowest BCUT2D eigenvalue weighted by Crippen LogP contribution is -2.54. The Morgan fingerprint density at radius 1 is 1.18 bits per heavy atom. The van der Waals surface area contributed by atoms with Crippen molar-refractivity contribution in [1.29, 1.82) is 0 Å². The molecule has 0 spiro atoms. The second-order valence-electron chi connectivity index (χ2n) is 10.1. The SMILES string of the molecule is C=CC(=O)N1CCN(c2nc(=O)n(-c3c(O)cccc3C(C)C)c3nc(-c4ccccc4F)c(Cl)cc23)[C@@H](C)C1. The summed E-state index contributed by atoms with van der Waals surface area (Å²) in [7, 11) is 0. The van der Waals surface area contributed by atoms with Gasteiger partial charge in [-0.3, -0.25) is 4.79 Å². The lowest BCUT2D eigenvalue weighted by molar-refractivity contribution is -0.126. The van der Waals surface area contributed by atoms with E-state index in [2.05, 4.69) is 11.6 Å². The van der Waals surface area contributed by atoms with E-state index in [1.54, 1.807) is 35.2 Å². The highest BCUT2D eigenvalue weighted by Gasteiger charge is 2.30. The number of carbonyl (C=O) groups excluding carboxylic acids is 1. The van der Waals surface area contributed by atoms with Gasteiger partial charge in [0.2, 0.25) is 5.91 Å². The summed E-state index contributed by atoms with van der Waals surface area (Å²) in [6.45, 7) is 10.6. The fraction of sp³-hybridized carbons (Fsp3) is 0.267. The van der Waals surface area contributed by atoms with Gasteiger partial charge in [0.15, 0.2) is 5.65 Å². The first-order valence-corrected chi connectivity index (χ1v) is 13.4. The number of phenols is 1. The van der Waals surface area contributed by atoms with Crippen LogP contribution in [0.25, 0.3) is 28.0 Å². The second-order valence-corrected chi connectivity index (χ2v) is 10.5. The second kappa shape index (κ2) is 10.7. The average molecular weight is 562 g/mol. The molecule has 0 aliphatic carbocycles. The molecule has 1 atom stereocenters. The summed E-state index contributed by atoms with van der Waals surface area (Å²) in [6.07, 6.45) is 1.28. The van der Waals surface area contributed by atoms with Crippen LogP contribution in [-0.2, 0) is 4.79 Å². The minimum Gasteiger partial charge on any atom is -0.506 e. The number of fused-ring (bicyclic) bond motifs is 1. The summed E-state index contributed by atoms with van der Waals surface area (Å²) in [5.74, 6) is -0.484. The summed E-state index contributed by atoms with van der Waals surface area (Å²) < 4.78 is 16.1. The number of piperazine rings is 1. The Hall–Kier alpha value is -4.24. The Morgan fingerprint density at radius 2 is 1.93 bits per heavy atom. The van der Waals surface area contributed by atoms with Crippen molar-refractivity contribution in [2.45, 2.75) is 32.7 Å². The van der Waals surface area contributed by atoms with Crippen molar-refractivity contribution in [2.24, 2.45) is 0 Å². The molecule has 0 radical (unpaired) electrons. The number of carbonyl (C=O) groups is 1. The van der Waals surface area contributed by atoms with E-state index in [4.69, 9.17) is 16.6 Å². The van der Waals surface area contributed by atoms with E-state index < -0.39 is 11.5 Å². The van der Waals surface area contributed by atoms with Gasteiger partial charge >= 0.3 is 5.69 Å². The molecule has 2 aromatic heterocycles. The number of hydrogen-bond donors (Lipinski definition) is 1. The number of amides is 1. The molecular weight excluding hydrogens is 533 g/mol. The van der Waals surface area contributed by atoms with Gasteiger partial charge in [0.05, 0.1) is 21.8 Å². The highest BCUT2D eigenvalue weighted by molar-refractivity contribution is 6.33. The summed E-state index contributed by atoms with van der Waals surface area (Å²) >= 11 is 6.72. The molecule has 1 saturated heterocycles. The third-order valence-electron chi connectivity index (χ3n) is 7.21. The van der Waals surface area contributed by atoms with Gasteiger partial charge in [0.1, 0.15) is 17.4 Å². The first-order valence-electron chi connectivity index (χ1n) is 13.0. The molecular formula is C30H29ClFN5O3. The van der Waals surface area contributed by atoms with Gasteiger partial charge in [-0.2, -0.15) is 4.98 Å². The minimum absolute atomic E-state index is 0.0439. The Labute approximate surface area is 236 Å². The van der Waals surface area contributed by atoms with Crippen molar-refractivity contribution in [3.8, 4) is 22.7 Å².